The Balaban J connectivity index is 2.02. The molecule has 24 heavy (non-hydrogen) atoms. The number of nitrogens with one attached hydrogen (secondary N) is 3. The maximum Gasteiger partial charge on any atom is 0.312 e. The lowest BCUT2D eigenvalue weighted by Gasteiger charge is -2.12. The van der Waals surface area contributed by atoms with Gasteiger partial charge in [0.25, 0.3) is 11.8 Å². The quantitative estimate of drug-likeness (QED) is 0.614. The van der Waals surface area contributed by atoms with E-state index in [9.17, 15) is 14.4 Å². The van der Waals surface area contributed by atoms with Crippen LogP contribution in [-0.2, 0) is 4.79 Å². The average Bonchev–Trinajstić information content (AvgIpc) is 2.94. The number of hydrogen-bond acceptors (Lipinski definition) is 5. The molecule has 0 aliphatic rings. The molecule has 1 unspecified atom stereocenters. The fourth-order valence-corrected chi connectivity index (χ4v) is 2.84. The van der Waals surface area contributed by atoms with E-state index in [2.05, 4.69) is 21.2 Å². The second-order valence-corrected chi connectivity index (χ2v) is 5.97. The Morgan fingerprint density at radius 3 is 2.46 bits per heavy atom. The van der Waals surface area contributed by atoms with Gasteiger partial charge < -0.3 is 11.1 Å². The number of benzene rings is 1. The van der Waals surface area contributed by atoms with Crippen molar-refractivity contribution in [2.24, 2.45) is 5.73 Å². The van der Waals surface area contributed by atoms with Gasteiger partial charge in [0.05, 0.1) is 5.69 Å². The van der Waals surface area contributed by atoms with E-state index in [1.165, 1.54) is 18.3 Å². The molecular weight excluding hydrogens is 330 g/mol. The number of nitrogens with zero attached hydrogens (tertiary/aromatic N) is 1. The molecule has 8 nitrogen and oxygen atoms in total. The van der Waals surface area contributed by atoms with Gasteiger partial charge >= 0.3 is 6.03 Å². The molecule has 0 radical (unpaired) electrons. The first kappa shape index (κ1) is 17.4. The van der Waals surface area contributed by atoms with Gasteiger partial charge in [-0.2, -0.15) is 0 Å². The highest BCUT2D eigenvalue weighted by Gasteiger charge is 2.18. The monoisotopic (exact) mass is 347 g/mol. The van der Waals surface area contributed by atoms with Crippen molar-refractivity contribution in [1.29, 1.82) is 0 Å². The molecule has 2 rings (SSSR count). The van der Waals surface area contributed by atoms with Gasteiger partial charge in [0.15, 0.2) is 0 Å². The number of aromatic nitrogens is 1. The molecule has 2 aromatic rings. The Labute approximate surface area is 142 Å². The zero-order valence-corrected chi connectivity index (χ0v) is 13.9. The lowest BCUT2D eigenvalue weighted by atomic mass is 10.2. The van der Waals surface area contributed by atoms with Crippen molar-refractivity contribution >= 4 is 29.2 Å². The minimum absolute atomic E-state index is 0.393. The van der Waals surface area contributed by atoms with Gasteiger partial charge in [0.1, 0.15) is 15.9 Å². The molecule has 1 heterocycles. The van der Waals surface area contributed by atoms with Crippen LogP contribution >= 0.6 is 11.3 Å². The van der Waals surface area contributed by atoms with E-state index < -0.39 is 23.9 Å². The van der Waals surface area contributed by atoms with Crippen LogP contribution < -0.4 is 21.9 Å². The van der Waals surface area contributed by atoms with Gasteiger partial charge in [-0.25, -0.2) is 9.78 Å². The molecule has 0 saturated heterocycles. The molecule has 0 aliphatic heterocycles. The van der Waals surface area contributed by atoms with E-state index in [0.717, 1.165) is 5.56 Å². The Morgan fingerprint density at radius 2 is 1.83 bits per heavy atom. The Bertz CT molecular complexity index is 760. The third-order valence-corrected chi connectivity index (χ3v) is 4.28. The van der Waals surface area contributed by atoms with E-state index in [0.29, 0.717) is 15.6 Å². The maximum absolute atomic E-state index is 12.2. The first-order valence-corrected chi connectivity index (χ1v) is 7.89. The molecule has 1 atom stereocenters. The number of amides is 4. The SMILES string of the molecule is Cc1nc(-c2ccccc2)sc1C(=O)NNC(=O)C(C)NC(N)=O. The van der Waals surface area contributed by atoms with E-state index in [-0.39, 0.29) is 0 Å². The predicted octanol–water partition coefficient (Wildman–Crippen LogP) is 0.936. The highest BCUT2D eigenvalue weighted by atomic mass is 32.1. The maximum atomic E-state index is 12.2. The Kier molecular flexibility index (Phi) is 5.48. The fourth-order valence-electron chi connectivity index (χ4n) is 1.87. The lowest BCUT2D eigenvalue weighted by molar-refractivity contribution is -0.123. The van der Waals surface area contributed by atoms with E-state index in [4.69, 9.17) is 5.73 Å². The van der Waals surface area contributed by atoms with Crippen molar-refractivity contribution in [2.45, 2.75) is 19.9 Å². The summed E-state index contributed by atoms with van der Waals surface area (Å²) in [6.07, 6.45) is 0. The van der Waals surface area contributed by atoms with Crippen molar-refractivity contribution in [2.75, 3.05) is 0 Å². The molecule has 1 aromatic carbocycles. The molecular formula is C15H17N5O3S. The van der Waals surface area contributed by atoms with Gasteiger partial charge in [-0.05, 0) is 13.8 Å². The molecule has 4 amide bonds. The van der Waals surface area contributed by atoms with Crippen LogP contribution in [0.1, 0.15) is 22.3 Å². The number of aryl methyl sites for hydroxylation is 1. The van der Waals surface area contributed by atoms with Crippen LogP contribution in [0.5, 0.6) is 0 Å². The van der Waals surface area contributed by atoms with Crippen LogP contribution in [0.25, 0.3) is 10.6 Å². The third kappa shape index (κ3) is 4.29. The average molecular weight is 347 g/mol. The standard InChI is InChI=1S/C15H17N5O3S/c1-8-11(24-14(17-8)10-6-4-3-5-7-10)13(22)20-19-12(21)9(2)18-15(16)23/h3-7,9H,1-2H3,(H,19,21)(H,20,22)(H3,16,18,23). The van der Waals surface area contributed by atoms with Crippen LogP contribution in [0.4, 0.5) is 4.79 Å². The fraction of sp³-hybridized carbons (Fsp3) is 0.200. The summed E-state index contributed by atoms with van der Waals surface area (Å²) >= 11 is 1.23. The van der Waals surface area contributed by atoms with Crippen molar-refractivity contribution in [1.82, 2.24) is 21.2 Å². The lowest BCUT2D eigenvalue weighted by Crippen LogP contribution is -2.52. The predicted molar refractivity (Wildman–Crippen MR) is 90.1 cm³/mol. The highest BCUT2D eigenvalue weighted by Crippen LogP contribution is 2.27. The van der Waals surface area contributed by atoms with E-state index in [1.54, 1.807) is 6.92 Å². The summed E-state index contributed by atoms with van der Waals surface area (Å²) < 4.78 is 0. The Morgan fingerprint density at radius 1 is 1.17 bits per heavy atom. The summed E-state index contributed by atoms with van der Waals surface area (Å²) in [4.78, 5) is 39.4. The van der Waals surface area contributed by atoms with Crippen molar-refractivity contribution in [3.8, 4) is 10.6 Å². The Hall–Kier alpha value is -2.94. The van der Waals surface area contributed by atoms with E-state index >= 15 is 0 Å². The van der Waals surface area contributed by atoms with Crippen LogP contribution in [0.2, 0.25) is 0 Å². The summed E-state index contributed by atoms with van der Waals surface area (Å²) in [6, 6.07) is 7.78. The number of thiazole rings is 1. The number of rotatable bonds is 4. The van der Waals surface area contributed by atoms with Crippen molar-refractivity contribution < 1.29 is 14.4 Å². The third-order valence-electron chi connectivity index (χ3n) is 3.07. The molecule has 126 valence electrons. The summed E-state index contributed by atoms with van der Waals surface area (Å²) in [6.45, 7) is 3.16. The van der Waals surface area contributed by atoms with Crippen LogP contribution in [0.3, 0.4) is 0 Å². The number of hydrogen-bond donors (Lipinski definition) is 4. The minimum Gasteiger partial charge on any atom is -0.352 e. The second kappa shape index (κ2) is 7.55. The zero-order valence-electron chi connectivity index (χ0n) is 13.1. The molecule has 5 N–H and O–H groups in total. The van der Waals surface area contributed by atoms with Gasteiger partial charge in [0, 0.05) is 5.56 Å². The number of carbonyl (C=O) groups is 3. The van der Waals surface area contributed by atoms with E-state index in [1.807, 2.05) is 30.3 Å². The smallest absolute Gasteiger partial charge is 0.312 e. The summed E-state index contributed by atoms with van der Waals surface area (Å²) in [5.41, 5.74) is 10.9. The number of carbonyl (C=O) groups excluding carboxylic acids is 3. The van der Waals surface area contributed by atoms with Crippen LogP contribution in [0.15, 0.2) is 30.3 Å². The number of primary amides is 1. The molecule has 0 bridgehead atoms. The van der Waals surface area contributed by atoms with Crippen LogP contribution in [0, 0.1) is 6.92 Å². The largest absolute Gasteiger partial charge is 0.352 e. The normalized spacial score (nSPS) is 11.4. The number of hydrazine groups is 1. The van der Waals surface area contributed by atoms with Gasteiger partial charge in [-0.3, -0.25) is 20.4 Å². The topological polar surface area (TPSA) is 126 Å². The molecule has 9 heteroatoms. The summed E-state index contributed by atoms with van der Waals surface area (Å²) in [7, 11) is 0. The molecule has 0 spiro atoms. The summed E-state index contributed by atoms with van der Waals surface area (Å²) in [5, 5.41) is 2.92. The first-order chi connectivity index (χ1) is 11.4. The number of urea groups is 1. The van der Waals surface area contributed by atoms with Crippen LogP contribution in [-0.4, -0.2) is 28.9 Å². The second-order valence-electron chi connectivity index (χ2n) is 4.97. The highest BCUT2D eigenvalue weighted by molar-refractivity contribution is 7.17. The van der Waals surface area contributed by atoms with Gasteiger partial charge in [-0.15, -0.1) is 11.3 Å². The molecule has 1 aromatic heterocycles. The van der Waals surface area contributed by atoms with Crippen molar-refractivity contribution in [3.05, 3.63) is 40.9 Å². The van der Waals surface area contributed by atoms with Gasteiger partial charge in [0.2, 0.25) is 0 Å². The summed E-state index contributed by atoms with van der Waals surface area (Å²) in [5.74, 6) is -1.07. The zero-order chi connectivity index (χ0) is 17.7. The minimum atomic E-state index is -0.870. The first-order valence-electron chi connectivity index (χ1n) is 7.07. The molecule has 0 fully saturated rings. The molecule has 0 aliphatic carbocycles. The van der Waals surface area contributed by atoms with Gasteiger partial charge in [-0.1, -0.05) is 30.3 Å². The van der Waals surface area contributed by atoms with Crippen molar-refractivity contribution in [3.63, 3.8) is 0 Å². The number of nitrogens with two attached hydrogens (primary N) is 1. The molecule has 0 saturated carbocycles.